The van der Waals surface area contributed by atoms with Crippen molar-refractivity contribution in [2.24, 2.45) is 11.7 Å². The zero-order valence-corrected chi connectivity index (χ0v) is 10.6. The lowest BCUT2D eigenvalue weighted by atomic mass is 9.97. The fourth-order valence-electron chi connectivity index (χ4n) is 1.74. The number of ketones is 1. The standard InChI is InChI=1S/C14H22N2O/c1-11(10-14(15)12(2)17)8-9-16-13-6-4-3-5-7-13/h3-7,11,14,16H,8-10,15H2,1-2H3/t11-,14-/m0/s1. The molecule has 2 atom stereocenters. The second-order valence-electron chi connectivity index (χ2n) is 4.64. The van der Waals surface area contributed by atoms with E-state index in [0.29, 0.717) is 5.92 Å². The van der Waals surface area contributed by atoms with Crippen molar-refractivity contribution in [1.82, 2.24) is 0 Å². The molecule has 3 heteroatoms. The van der Waals surface area contributed by atoms with Crippen LogP contribution in [0.5, 0.6) is 0 Å². The fraction of sp³-hybridized carbons (Fsp3) is 0.500. The average Bonchev–Trinajstić information content (AvgIpc) is 2.30. The third kappa shape index (κ3) is 5.50. The number of nitrogens with one attached hydrogen (secondary N) is 1. The minimum Gasteiger partial charge on any atom is -0.385 e. The number of carbonyl (C=O) groups is 1. The first-order chi connectivity index (χ1) is 8.09. The Morgan fingerprint density at radius 2 is 2.00 bits per heavy atom. The Morgan fingerprint density at radius 3 is 2.59 bits per heavy atom. The molecule has 1 aromatic rings. The molecule has 0 saturated carbocycles. The minimum absolute atomic E-state index is 0.0767. The van der Waals surface area contributed by atoms with Gasteiger partial charge in [-0.1, -0.05) is 25.1 Å². The second kappa shape index (κ2) is 7.07. The SMILES string of the molecule is CC(=O)[C@@H](N)C[C@@H](C)CCNc1ccccc1. The van der Waals surface area contributed by atoms with Crippen molar-refractivity contribution < 1.29 is 4.79 Å². The summed E-state index contributed by atoms with van der Waals surface area (Å²) in [7, 11) is 0. The van der Waals surface area contributed by atoms with Crippen molar-refractivity contribution in [2.75, 3.05) is 11.9 Å². The molecule has 3 N–H and O–H groups in total. The Hall–Kier alpha value is -1.35. The van der Waals surface area contributed by atoms with Gasteiger partial charge in [0.05, 0.1) is 6.04 Å². The molecule has 0 radical (unpaired) electrons. The van der Waals surface area contributed by atoms with Crippen LogP contribution in [0, 0.1) is 5.92 Å². The molecule has 17 heavy (non-hydrogen) atoms. The maximum atomic E-state index is 11.0. The molecular weight excluding hydrogens is 212 g/mol. The van der Waals surface area contributed by atoms with Crippen LogP contribution in [0.3, 0.4) is 0 Å². The summed E-state index contributed by atoms with van der Waals surface area (Å²) in [5.74, 6) is 0.540. The predicted octanol–water partition coefficient (Wildman–Crippen LogP) is 2.43. The van der Waals surface area contributed by atoms with Gasteiger partial charge >= 0.3 is 0 Å². The summed E-state index contributed by atoms with van der Waals surface area (Å²) in [4.78, 5) is 11.0. The molecule has 0 fully saturated rings. The Bertz CT molecular complexity index is 337. The molecule has 1 rings (SSSR count). The Balaban J connectivity index is 2.20. The van der Waals surface area contributed by atoms with E-state index in [9.17, 15) is 4.79 Å². The van der Waals surface area contributed by atoms with Gasteiger partial charge in [0.2, 0.25) is 0 Å². The Labute approximate surface area is 103 Å². The van der Waals surface area contributed by atoms with Gasteiger partial charge < -0.3 is 11.1 Å². The van der Waals surface area contributed by atoms with Crippen LogP contribution >= 0.6 is 0 Å². The summed E-state index contributed by atoms with van der Waals surface area (Å²) < 4.78 is 0. The van der Waals surface area contributed by atoms with Gasteiger partial charge in [-0.05, 0) is 37.8 Å². The molecule has 0 aliphatic heterocycles. The molecule has 0 spiro atoms. The highest BCUT2D eigenvalue weighted by Crippen LogP contribution is 2.11. The predicted molar refractivity (Wildman–Crippen MR) is 72.0 cm³/mol. The van der Waals surface area contributed by atoms with Crippen LogP contribution in [0.1, 0.15) is 26.7 Å². The number of para-hydroxylation sites is 1. The molecular formula is C14H22N2O. The van der Waals surface area contributed by atoms with Crippen molar-refractivity contribution in [3.8, 4) is 0 Å². The molecule has 0 heterocycles. The molecule has 0 bridgehead atoms. The van der Waals surface area contributed by atoms with E-state index in [1.165, 1.54) is 0 Å². The zero-order chi connectivity index (χ0) is 12.7. The molecule has 0 unspecified atom stereocenters. The van der Waals surface area contributed by atoms with E-state index >= 15 is 0 Å². The number of hydrogen-bond acceptors (Lipinski definition) is 3. The van der Waals surface area contributed by atoms with Crippen molar-refractivity contribution >= 4 is 11.5 Å². The van der Waals surface area contributed by atoms with Gasteiger partial charge in [0.1, 0.15) is 5.78 Å². The lowest BCUT2D eigenvalue weighted by molar-refractivity contribution is -0.118. The number of hydrogen-bond donors (Lipinski definition) is 2. The highest BCUT2D eigenvalue weighted by Gasteiger charge is 2.12. The highest BCUT2D eigenvalue weighted by atomic mass is 16.1. The van der Waals surface area contributed by atoms with E-state index in [1.807, 2.05) is 30.3 Å². The lowest BCUT2D eigenvalue weighted by Gasteiger charge is -2.15. The molecule has 0 aliphatic rings. The monoisotopic (exact) mass is 234 g/mol. The molecule has 0 saturated heterocycles. The quantitative estimate of drug-likeness (QED) is 0.762. The van der Waals surface area contributed by atoms with E-state index < -0.39 is 0 Å². The van der Waals surface area contributed by atoms with Crippen molar-refractivity contribution in [1.29, 1.82) is 0 Å². The fourth-order valence-corrected chi connectivity index (χ4v) is 1.74. The third-order valence-electron chi connectivity index (χ3n) is 2.92. The Kier molecular flexibility index (Phi) is 5.70. The first kappa shape index (κ1) is 13.7. The number of nitrogens with two attached hydrogens (primary N) is 1. The topological polar surface area (TPSA) is 55.1 Å². The van der Waals surface area contributed by atoms with Crippen molar-refractivity contribution in [3.05, 3.63) is 30.3 Å². The maximum Gasteiger partial charge on any atom is 0.146 e. The molecule has 94 valence electrons. The van der Waals surface area contributed by atoms with E-state index in [0.717, 1.165) is 25.1 Å². The number of anilines is 1. The number of Topliss-reactive ketones (excluding diaryl/α,β-unsaturated/α-hetero) is 1. The van der Waals surface area contributed by atoms with Crippen LogP contribution in [-0.4, -0.2) is 18.4 Å². The van der Waals surface area contributed by atoms with Gasteiger partial charge in [0, 0.05) is 12.2 Å². The molecule has 1 aromatic carbocycles. The van der Waals surface area contributed by atoms with Gasteiger partial charge in [-0.2, -0.15) is 0 Å². The van der Waals surface area contributed by atoms with Crippen molar-refractivity contribution in [2.45, 2.75) is 32.7 Å². The van der Waals surface area contributed by atoms with Gasteiger partial charge in [-0.15, -0.1) is 0 Å². The largest absolute Gasteiger partial charge is 0.385 e. The number of rotatable bonds is 7. The van der Waals surface area contributed by atoms with E-state index in [-0.39, 0.29) is 11.8 Å². The van der Waals surface area contributed by atoms with Crippen LogP contribution in [0.2, 0.25) is 0 Å². The smallest absolute Gasteiger partial charge is 0.146 e. The Morgan fingerprint density at radius 1 is 1.35 bits per heavy atom. The lowest BCUT2D eigenvalue weighted by Crippen LogP contribution is -2.30. The summed E-state index contributed by atoms with van der Waals surface area (Å²) in [6, 6.07) is 9.81. The van der Waals surface area contributed by atoms with Gasteiger partial charge in [-0.3, -0.25) is 4.79 Å². The highest BCUT2D eigenvalue weighted by molar-refractivity contribution is 5.81. The van der Waals surface area contributed by atoms with Gasteiger partial charge in [0.25, 0.3) is 0 Å². The molecule has 3 nitrogen and oxygen atoms in total. The molecule has 0 aromatic heterocycles. The summed E-state index contributed by atoms with van der Waals surface area (Å²) in [5, 5.41) is 3.35. The van der Waals surface area contributed by atoms with E-state index in [4.69, 9.17) is 5.73 Å². The van der Waals surface area contributed by atoms with Gasteiger partial charge in [0.15, 0.2) is 0 Å². The van der Waals surface area contributed by atoms with Crippen LogP contribution < -0.4 is 11.1 Å². The van der Waals surface area contributed by atoms with Crippen LogP contribution in [0.25, 0.3) is 0 Å². The molecule has 0 amide bonds. The summed E-state index contributed by atoms with van der Waals surface area (Å²) in [5.41, 5.74) is 6.87. The molecule has 0 aliphatic carbocycles. The summed E-state index contributed by atoms with van der Waals surface area (Å²) in [6.07, 6.45) is 1.79. The maximum absolute atomic E-state index is 11.0. The minimum atomic E-state index is -0.304. The van der Waals surface area contributed by atoms with Crippen LogP contribution in [0.4, 0.5) is 5.69 Å². The van der Waals surface area contributed by atoms with Crippen molar-refractivity contribution in [3.63, 3.8) is 0 Å². The summed E-state index contributed by atoms with van der Waals surface area (Å²) in [6.45, 7) is 4.60. The van der Waals surface area contributed by atoms with Crippen LogP contribution in [0.15, 0.2) is 30.3 Å². The number of benzene rings is 1. The van der Waals surface area contributed by atoms with E-state index in [2.05, 4.69) is 12.2 Å². The van der Waals surface area contributed by atoms with Gasteiger partial charge in [-0.25, -0.2) is 0 Å². The number of carbonyl (C=O) groups excluding carboxylic acids is 1. The van der Waals surface area contributed by atoms with E-state index in [1.54, 1.807) is 6.92 Å². The average molecular weight is 234 g/mol. The summed E-state index contributed by atoms with van der Waals surface area (Å²) >= 11 is 0. The second-order valence-corrected chi connectivity index (χ2v) is 4.64. The van der Waals surface area contributed by atoms with Crippen LogP contribution in [-0.2, 0) is 4.79 Å². The normalized spacial score (nSPS) is 14.1. The third-order valence-corrected chi connectivity index (χ3v) is 2.92. The first-order valence-corrected chi connectivity index (χ1v) is 6.14. The first-order valence-electron chi connectivity index (χ1n) is 6.14. The zero-order valence-electron chi connectivity index (χ0n) is 10.6.